The Labute approximate surface area is 182 Å². The van der Waals surface area contributed by atoms with Crippen LogP contribution in [-0.4, -0.2) is 38.7 Å². The predicted molar refractivity (Wildman–Crippen MR) is 125 cm³/mol. The maximum absolute atomic E-state index is 12.2. The number of hydrogen-bond donors (Lipinski definition) is 3. The van der Waals surface area contributed by atoms with Gasteiger partial charge in [-0.1, -0.05) is 38.8 Å². The van der Waals surface area contributed by atoms with E-state index in [9.17, 15) is 4.79 Å². The number of amides is 1. The minimum Gasteiger partial charge on any atom is -0.385 e. The standard InChI is InChI=1S/C24H40N4O2/c1-5-19(3)22(29)28-21-11-9-10-20(16-21)17-26-23(25-6-2)27-18-24(14-15-30-4)12-7-8-13-24/h9-11,16,19H,5-8,12-15,17-18H2,1-4H3,(H,28,29)(H2,25,26,27). The Hall–Kier alpha value is -2.08. The molecule has 168 valence electrons. The van der Waals surface area contributed by atoms with Crippen molar-refractivity contribution in [1.29, 1.82) is 0 Å². The zero-order valence-electron chi connectivity index (χ0n) is 19.2. The Balaban J connectivity index is 1.98. The third-order valence-corrected chi connectivity index (χ3v) is 6.15. The first-order valence-electron chi connectivity index (χ1n) is 11.4. The summed E-state index contributed by atoms with van der Waals surface area (Å²) in [6, 6.07) is 7.94. The van der Waals surface area contributed by atoms with Gasteiger partial charge in [-0.2, -0.15) is 0 Å². The van der Waals surface area contributed by atoms with Gasteiger partial charge >= 0.3 is 0 Å². The van der Waals surface area contributed by atoms with Gasteiger partial charge in [0.2, 0.25) is 5.91 Å². The zero-order valence-corrected chi connectivity index (χ0v) is 19.2. The van der Waals surface area contributed by atoms with E-state index in [4.69, 9.17) is 9.73 Å². The second-order valence-electron chi connectivity index (χ2n) is 8.50. The molecule has 1 aromatic carbocycles. The van der Waals surface area contributed by atoms with Crippen molar-refractivity contribution in [3.63, 3.8) is 0 Å². The number of carbonyl (C=O) groups is 1. The zero-order chi connectivity index (χ0) is 21.8. The molecule has 1 saturated carbocycles. The number of carbonyl (C=O) groups excluding carboxylic acids is 1. The number of ether oxygens (including phenoxy) is 1. The summed E-state index contributed by atoms with van der Waals surface area (Å²) >= 11 is 0. The molecule has 1 fully saturated rings. The molecule has 0 heterocycles. The van der Waals surface area contributed by atoms with Crippen LogP contribution in [0.4, 0.5) is 5.69 Å². The molecule has 6 nitrogen and oxygen atoms in total. The van der Waals surface area contributed by atoms with Crippen LogP contribution in [0.5, 0.6) is 0 Å². The lowest BCUT2D eigenvalue weighted by Crippen LogP contribution is -2.43. The minimum absolute atomic E-state index is 0.0113. The van der Waals surface area contributed by atoms with Crippen molar-refractivity contribution < 1.29 is 9.53 Å². The topological polar surface area (TPSA) is 74.8 Å². The van der Waals surface area contributed by atoms with Crippen LogP contribution < -0.4 is 16.0 Å². The van der Waals surface area contributed by atoms with Gasteiger partial charge in [0.1, 0.15) is 0 Å². The molecule has 1 unspecified atom stereocenters. The number of benzene rings is 1. The highest BCUT2D eigenvalue weighted by Gasteiger charge is 2.33. The van der Waals surface area contributed by atoms with Crippen LogP contribution in [0.25, 0.3) is 0 Å². The molecule has 0 radical (unpaired) electrons. The second kappa shape index (κ2) is 12.6. The third kappa shape index (κ3) is 7.63. The van der Waals surface area contributed by atoms with Crippen LogP contribution in [0.1, 0.15) is 64.9 Å². The quantitative estimate of drug-likeness (QED) is 0.371. The van der Waals surface area contributed by atoms with Crippen LogP contribution in [-0.2, 0) is 16.1 Å². The van der Waals surface area contributed by atoms with Crippen molar-refractivity contribution in [2.45, 2.75) is 65.8 Å². The first-order chi connectivity index (χ1) is 14.5. The minimum atomic E-state index is 0.0113. The summed E-state index contributed by atoms with van der Waals surface area (Å²) in [5.74, 6) is 0.915. The van der Waals surface area contributed by atoms with Crippen molar-refractivity contribution in [1.82, 2.24) is 10.6 Å². The van der Waals surface area contributed by atoms with Crippen molar-refractivity contribution >= 4 is 17.6 Å². The SMILES string of the molecule is CCNC(=NCc1cccc(NC(=O)C(C)CC)c1)NCC1(CCOC)CCCC1. The Morgan fingerprint density at radius 1 is 1.23 bits per heavy atom. The van der Waals surface area contributed by atoms with E-state index in [0.29, 0.717) is 12.0 Å². The highest BCUT2D eigenvalue weighted by atomic mass is 16.5. The van der Waals surface area contributed by atoms with Gasteiger partial charge in [0.05, 0.1) is 6.54 Å². The van der Waals surface area contributed by atoms with Crippen LogP contribution in [0.2, 0.25) is 0 Å². The molecule has 1 aliphatic rings. The molecule has 6 heteroatoms. The first kappa shape index (κ1) is 24.2. The van der Waals surface area contributed by atoms with Crippen LogP contribution in [0.3, 0.4) is 0 Å². The van der Waals surface area contributed by atoms with E-state index in [-0.39, 0.29) is 11.8 Å². The molecule has 0 aliphatic heterocycles. The average molecular weight is 417 g/mol. The lowest BCUT2D eigenvalue weighted by atomic mass is 9.83. The summed E-state index contributed by atoms with van der Waals surface area (Å²) < 4.78 is 5.35. The van der Waals surface area contributed by atoms with Gasteiger partial charge in [-0.25, -0.2) is 4.99 Å². The Morgan fingerprint density at radius 3 is 2.67 bits per heavy atom. The fourth-order valence-corrected chi connectivity index (χ4v) is 3.94. The number of hydrogen-bond acceptors (Lipinski definition) is 3. The Kier molecular flexibility index (Phi) is 10.1. The molecule has 30 heavy (non-hydrogen) atoms. The van der Waals surface area contributed by atoms with Crippen molar-refractivity contribution in [2.75, 3.05) is 32.1 Å². The van der Waals surface area contributed by atoms with Crippen LogP contribution >= 0.6 is 0 Å². The van der Waals surface area contributed by atoms with Gasteiger partial charge in [-0.05, 0) is 55.7 Å². The van der Waals surface area contributed by atoms with Gasteiger partial charge in [-0.15, -0.1) is 0 Å². The van der Waals surface area contributed by atoms with Gasteiger partial charge in [0.15, 0.2) is 5.96 Å². The van der Waals surface area contributed by atoms with E-state index in [0.717, 1.165) is 49.7 Å². The number of nitrogens with one attached hydrogen (secondary N) is 3. The van der Waals surface area contributed by atoms with Gasteiger partial charge in [-0.3, -0.25) is 4.79 Å². The lowest BCUT2D eigenvalue weighted by Gasteiger charge is -2.30. The summed E-state index contributed by atoms with van der Waals surface area (Å²) in [5.41, 5.74) is 2.21. The second-order valence-corrected chi connectivity index (χ2v) is 8.50. The van der Waals surface area contributed by atoms with E-state index in [1.54, 1.807) is 7.11 Å². The van der Waals surface area contributed by atoms with Gasteiger partial charge in [0, 0.05) is 38.4 Å². The fraction of sp³-hybridized carbons (Fsp3) is 0.667. The molecule has 1 amide bonds. The molecule has 2 rings (SSSR count). The van der Waals surface area contributed by atoms with Gasteiger partial charge < -0.3 is 20.7 Å². The number of guanidine groups is 1. The molecular weight excluding hydrogens is 376 g/mol. The van der Waals surface area contributed by atoms with Crippen LogP contribution in [0.15, 0.2) is 29.3 Å². The van der Waals surface area contributed by atoms with Crippen molar-refractivity contribution in [3.05, 3.63) is 29.8 Å². The summed E-state index contributed by atoms with van der Waals surface area (Å²) in [7, 11) is 1.78. The summed E-state index contributed by atoms with van der Waals surface area (Å²) in [6.07, 6.45) is 7.02. The molecule has 1 aliphatic carbocycles. The molecular formula is C24H40N4O2. The van der Waals surface area contributed by atoms with E-state index in [2.05, 4.69) is 22.9 Å². The number of nitrogens with zero attached hydrogens (tertiary/aromatic N) is 1. The highest BCUT2D eigenvalue weighted by molar-refractivity contribution is 5.92. The first-order valence-corrected chi connectivity index (χ1v) is 11.4. The molecule has 1 aromatic rings. The number of aliphatic imine (C=N–C) groups is 1. The number of rotatable bonds is 11. The third-order valence-electron chi connectivity index (χ3n) is 6.15. The molecule has 0 saturated heterocycles. The Bertz CT molecular complexity index is 684. The van der Waals surface area contributed by atoms with Gasteiger partial charge in [0.25, 0.3) is 0 Å². The largest absolute Gasteiger partial charge is 0.385 e. The molecule has 0 aromatic heterocycles. The number of anilines is 1. The van der Waals surface area contributed by atoms with E-state index < -0.39 is 0 Å². The van der Waals surface area contributed by atoms with Crippen molar-refractivity contribution in [3.8, 4) is 0 Å². The Morgan fingerprint density at radius 2 is 2.00 bits per heavy atom. The van der Waals surface area contributed by atoms with E-state index >= 15 is 0 Å². The normalized spacial score (nSPS) is 16.9. The fourth-order valence-electron chi connectivity index (χ4n) is 3.94. The molecule has 0 bridgehead atoms. The monoisotopic (exact) mass is 416 g/mol. The average Bonchev–Trinajstić information content (AvgIpc) is 3.23. The maximum Gasteiger partial charge on any atom is 0.227 e. The maximum atomic E-state index is 12.2. The summed E-state index contributed by atoms with van der Waals surface area (Å²) in [5, 5.41) is 9.93. The molecule has 3 N–H and O–H groups in total. The smallest absolute Gasteiger partial charge is 0.227 e. The molecule has 1 atom stereocenters. The summed E-state index contributed by atoms with van der Waals surface area (Å²) in [4.78, 5) is 16.9. The molecule has 0 spiro atoms. The summed E-state index contributed by atoms with van der Waals surface area (Å²) in [6.45, 7) is 9.17. The lowest BCUT2D eigenvalue weighted by molar-refractivity contribution is -0.119. The highest BCUT2D eigenvalue weighted by Crippen LogP contribution is 2.40. The van der Waals surface area contributed by atoms with Crippen LogP contribution in [0, 0.1) is 11.3 Å². The van der Waals surface area contributed by atoms with E-state index in [1.165, 1.54) is 25.7 Å². The van der Waals surface area contributed by atoms with Crippen molar-refractivity contribution in [2.24, 2.45) is 16.3 Å². The van der Waals surface area contributed by atoms with E-state index in [1.807, 2.05) is 38.1 Å². The number of methoxy groups -OCH3 is 1. The predicted octanol–water partition coefficient (Wildman–Crippen LogP) is 4.32.